The molecule has 0 fully saturated rings. The molecule has 0 spiro atoms. The topological polar surface area (TPSA) is 17.8 Å². The Morgan fingerprint density at radius 2 is 2.11 bits per heavy atom. The van der Waals surface area contributed by atoms with E-state index >= 15 is 0 Å². The fraction of sp³-hybridized carbons (Fsp3) is 0.500. The predicted molar refractivity (Wildman–Crippen MR) is 81.1 cm³/mol. The van der Waals surface area contributed by atoms with Crippen molar-refractivity contribution in [3.05, 3.63) is 28.2 Å². The van der Waals surface area contributed by atoms with Crippen LogP contribution < -0.4 is 0 Å². The average Bonchev–Trinajstić information content (AvgIpc) is 2.73. The van der Waals surface area contributed by atoms with Gasteiger partial charge >= 0.3 is 0 Å². The van der Waals surface area contributed by atoms with Crippen LogP contribution in [0, 0.1) is 5.82 Å². The van der Waals surface area contributed by atoms with Crippen molar-refractivity contribution in [1.82, 2.24) is 9.55 Å². The third-order valence-electron chi connectivity index (χ3n) is 3.22. The highest BCUT2D eigenvalue weighted by Gasteiger charge is 2.12. The van der Waals surface area contributed by atoms with Crippen molar-refractivity contribution >= 4 is 38.6 Å². The van der Waals surface area contributed by atoms with Crippen molar-refractivity contribution in [2.75, 3.05) is 0 Å². The van der Waals surface area contributed by atoms with Crippen molar-refractivity contribution in [1.29, 1.82) is 0 Å². The van der Waals surface area contributed by atoms with Crippen LogP contribution in [0.5, 0.6) is 0 Å². The van der Waals surface area contributed by atoms with Gasteiger partial charge in [0.15, 0.2) is 0 Å². The van der Waals surface area contributed by atoms with Gasteiger partial charge in [0.1, 0.15) is 11.6 Å². The van der Waals surface area contributed by atoms with Crippen LogP contribution >= 0.6 is 27.5 Å². The van der Waals surface area contributed by atoms with Gasteiger partial charge in [-0.25, -0.2) is 9.37 Å². The molecule has 0 amide bonds. The largest absolute Gasteiger partial charge is 0.327 e. The Bertz CT molecular complexity index is 568. The fourth-order valence-corrected chi connectivity index (χ4v) is 2.75. The molecule has 2 rings (SSSR count). The number of alkyl halides is 1. The average molecular weight is 348 g/mol. The molecule has 0 N–H and O–H groups in total. The van der Waals surface area contributed by atoms with Crippen molar-refractivity contribution in [2.24, 2.45) is 0 Å². The summed E-state index contributed by atoms with van der Waals surface area (Å²) >= 11 is 9.12. The van der Waals surface area contributed by atoms with Gasteiger partial charge in [-0.2, -0.15) is 0 Å². The molecule has 104 valence electrons. The number of benzene rings is 1. The first-order chi connectivity index (χ1) is 9.17. The second-order valence-corrected chi connectivity index (χ2v) is 5.75. The minimum atomic E-state index is -0.261. The third-order valence-corrected chi connectivity index (χ3v) is 4.07. The van der Waals surface area contributed by atoms with E-state index in [1.807, 2.05) is 4.57 Å². The van der Waals surface area contributed by atoms with Gasteiger partial charge in [0.05, 0.1) is 21.4 Å². The SMILES string of the molecule is CCCCCCn1c(CCl)nc2cc(Br)c(F)cc21. The Labute approximate surface area is 126 Å². The lowest BCUT2D eigenvalue weighted by atomic mass is 10.2. The van der Waals surface area contributed by atoms with Gasteiger partial charge in [-0.3, -0.25) is 0 Å². The van der Waals surface area contributed by atoms with Crippen molar-refractivity contribution < 1.29 is 4.39 Å². The molecule has 0 atom stereocenters. The molecule has 0 aliphatic heterocycles. The van der Waals surface area contributed by atoms with E-state index in [-0.39, 0.29) is 5.82 Å². The van der Waals surface area contributed by atoms with Crippen LogP contribution in [0.4, 0.5) is 4.39 Å². The predicted octanol–water partition coefficient (Wildman–Crippen LogP) is 5.26. The summed E-state index contributed by atoms with van der Waals surface area (Å²) in [6.07, 6.45) is 4.68. The number of aromatic nitrogens is 2. The van der Waals surface area contributed by atoms with Gasteiger partial charge in [-0.15, -0.1) is 11.6 Å². The molecule has 0 aliphatic carbocycles. The summed E-state index contributed by atoms with van der Waals surface area (Å²) in [6, 6.07) is 3.24. The summed E-state index contributed by atoms with van der Waals surface area (Å²) < 4.78 is 16.1. The number of rotatable bonds is 6. The number of aryl methyl sites for hydroxylation is 1. The monoisotopic (exact) mass is 346 g/mol. The number of hydrogen-bond donors (Lipinski definition) is 0. The Morgan fingerprint density at radius 3 is 2.79 bits per heavy atom. The number of halogens is 3. The van der Waals surface area contributed by atoms with E-state index in [1.54, 1.807) is 6.07 Å². The molecule has 0 saturated heterocycles. The van der Waals surface area contributed by atoms with E-state index in [1.165, 1.54) is 25.3 Å². The van der Waals surface area contributed by atoms with Crippen molar-refractivity contribution in [3.8, 4) is 0 Å². The maximum Gasteiger partial charge on any atom is 0.139 e. The highest BCUT2D eigenvalue weighted by Crippen LogP contribution is 2.25. The van der Waals surface area contributed by atoms with Crippen LogP contribution in [0.1, 0.15) is 38.4 Å². The van der Waals surface area contributed by atoms with E-state index in [9.17, 15) is 4.39 Å². The maximum atomic E-state index is 13.7. The van der Waals surface area contributed by atoms with Crippen LogP contribution in [0.15, 0.2) is 16.6 Å². The molecule has 1 aromatic carbocycles. The lowest BCUT2D eigenvalue weighted by Crippen LogP contribution is -2.02. The van der Waals surface area contributed by atoms with Gasteiger partial charge in [0, 0.05) is 12.6 Å². The summed E-state index contributed by atoms with van der Waals surface area (Å²) in [5, 5.41) is 0. The van der Waals surface area contributed by atoms with Crippen molar-refractivity contribution in [3.63, 3.8) is 0 Å². The first-order valence-corrected chi connectivity index (χ1v) is 7.90. The number of hydrogen-bond acceptors (Lipinski definition) is 1. The van der Waals surface area contributed by atoms with Gasteiger partial charge < -0.3 is 4.57 Å². The number of fused-ring (bicyclic) bond motifs is 1. The first kappa shape index (κ1) is 14.8. The van der Waals surface area contributed by atoms with Crippen LogP contribution in [-0.4, -0.2) is 9.55 Å². The molecule has 0 radical (unpaired) electrons. The summed E-state index contributed by atoms with van der Waals surface area (Å²) in [5.41, 5.74) is 1.62. The number of imidazole rings is 1. The summed E-state index contributed by atoms with van der Waals surface area (Å²) in [5.74, 6) is 0.899. The molecule has 0 unspecified atom stereocenters. The van der Waals surface area contributed by atoms with Gasteiger partial charge in [0.2, 0.25) is 0 Å². The molecule has 1 aromatic heterocycles. The third kappa shape index (κ3) is 3.29. The molecular formula is C14H17BrClFN2. The highest BCUT2D eigenvalue weighted by molar-refractivity contribution is 9.10. The zero-order valence-corrected chi connectivity index (χ0v) is 13.3. The maximum absolute atomic E-state index is 13.7. The van der Waals surface area contributed by atoms with Gasteiger partial charge in [0.25, 0.3) is 0 Å². The van der Waals surface area contributed by atoms with Crippen LogP contribution in [0.2, 0.25) is 0 Å². The van der Waals surface area contributed by atoms with E-state index in [0.717, 1.165) is 29.8 Å². The quantitative estimate of drug-likeness (QED) is 0.515. The first-order valence-electron chi connectivity index (χ1n) is 6.57. The second kappa shape index (κ2) is 6.71. The summed E-state index contributed by atoms with van der Waals surface area (Å²) in [7, 11) is 0. The van der Waals surface area contributed by atoms with Crippen LogP contribution in [0.3, 0.4) is 0 Å². The van der Waals surface area contributed by atoms with Gasteiger partial charge in [-0.05, 0) is 28.4 Å². The molecular weight excluding hydrogens is 331 g/mol. The van der Waals surface area contributed by atoms with E-state index in [4.69, 9.17) is 11.6 Å². The van der Waals surface area contributed by atoms with E-state index < -0.39 is 0 Å². The zero-order chi connectivity index (χ0) is 13.8. The Balaban J connectivity index is 2.31. The van der Waals surface area contributed by atoms with Gasteiger partial charge in [-0.1, -0.05) is 26.2 Å². The molecule has 2 nitrogen and oxygen atoms in total. The Kier molecular flexibility index (Phi) is 5.22. The summed E-state index contributed by atoms with van der Waals surface area (Å²) in [6.45, 7) is 3.03. The molecule has 1 heterocycles. The highest BCUT2D eigenvalue weighted by atomic mass is 79.9. The Morgan fingerprint density at radius 1 is 1.32 bits per heavy atom. The lowest BCUT2D eigenvalue weighted by molar-refractivity contribution is 0.579. The fourth-order valence-electron chi connectivity index (χ4n) is 2.22. The lowest BCUT2D eigenvalue weighted by Gasteiger charge is -2.07. The van der Waals surface area contributed by atoms with E-state index in [2.05, 4.69) is 27.8 Å². The van der Waals surface area contributed by atoms with Crippen LogP contribution in [-0.2, 0) is 12.4 Å². The number of nitrogens with zero attached hydrogens (tertiary/aromatic N) is 2. The normalized spacial score (nSPS) is 11.4. The molecule has 0 saturated carbocycles. The zero-order valence-electron chi connectivity index (χ0n) is 10.9. The van der Waals surface area contributed by atoms with Crippen molar-refractivity contribution in [2.45, 2.75) is 45.0 Å². The van der Waals surface area contributed by atoms with Crippen LogP contribution in [0.25, 0.3) is 11.0 Å². The standard InChI is InChI=1S/C14H17BrClFN2/c1-2-3-4-5-6-19-13-8-11(17)10(15)7-12(13)18-14(19)9-16/h7-8H,2-6,9H2,1H3. The molecule has 0 aliphatic rings. The van der Waals surface area contributed by atoms with E-state index in [0.29, 0.717) is 10.4 Å². The summed E-state index contributed by atoms with van der Waals surface area (Å²) in [4.78, 5) is 4.47. The molecule has 0 bridgehead atoms. The minimum absolute atomic E-state index is 0.261. The Hall–Kier alpha value is -0.610. The minimum Gasteiger partial charge on any atom is -0.327 e. The smallest absolute Gasteiger partial charge is 0.139 e. The molecule has 5 heteroatoms. The second-order valence-electron chi connectivity index (χ2n) is 4.63. The molecule has 19 heavy (non-hydrogen) atoms. The molecule has 2 aromatic rings. The number of unbranched alkanes of at least 4 members (excludes halogenated alkanes) is 3.